The summed E-state index contributed by atoms with van der Waals surface area (Å²) in [4.78, 5) is 27.9. The number of aromatic nitrogens is 1. The number of nitrogens with zero attached hydrogens (tertiary/aromatic N) is 1. The predicted octanol–water partition coefficient (Wildman–Crippen LogP) is 3.03. The molecule has 1 heterocycles. The van der Waals surface area contributed by atoms with Crippen molar-refractivity contribution in [3.8, 4) is 5.75 Å². The summed E-state index contributed by atoms with van der Waals surface area (Å²) in [6.45, 7) is 0.325. The van der Waals surface area contributed by atoms with E-state index in [9.17, 15) is 9.59 Å². The van der Waals surface area contributed by atoms with Gasteiger partial charge < -0.3 is 15.4 Å². The molecule has 136 valence electrons. The molecular formula is C21H19N3O3. The van der Waals surface area contributed by atoms with E-state index in [-0.39, 0.29) is 18.4 Å². The van der Waals surface area contributed by atoms with Gasteiger partial charge in [0.25, 0.3) is 11.8 Å². The largest absolute Gasteiger partial charge is 0.484 e. The fourth-order valence-electron chi connectivity index (χ4n) is 2.35. The van der Waals surface area contributed by atoms with E-state index in [2.05, 4.69) is 15.6 Å². The van der Waals surface area contributed by atoms with Gasteiger partial charge in [0.05, 0.1) is 5.56 Å². The van der Waals surface area contributed by atoms with E-state index >= 15 is 0 Å². The lowest BCUT2D eigenvalue weighted by Crippen LogP contribution is -2.23. The average molecular weight is 361 g/mol. The zero-order valence-electron chi connectivity index (χ0n) is 14.6. The van der Waals surface area contributed by atoms with Crippen molar-refractivity contribution in [1.29, 1.82) is 0 Å². The molecule has 27 heavy (non-hydrogen) atoms. The highest BCUT2D eigenvalue weighted by Gasteiger charge is 2.06. The van der Waals surface area contributed by atoms with Crippen molar-refractivity contribution < 1.29 is 14.3 Å². The van der Waals surface area contributed by atoms with Gasteiger partial charge in [-0.1, -0.05) is 30.3 Å². The van der Waals surface area contributed by atoms with Gasteiger partial charge in [0.1, 0.15) is 5.75 Å². The quantitative estimate of drug-likeness (QED) is 0.678. The van der Waals surface area contributed by atoms with Crippen LogP contribution < -0.4 is 15.4 Å². The lowest BCUT2D eigenvalue weighted by atomic mass is 10.2. The zero-order valence-corrected chi connectivity index (χ0v) is 14.6. The van der Waals surface area contributed by atoms with E-state index in [1.807, 2.05) is 30.3 Å². The van der Waals surface area contributed by atoms with Gasteiger partial charge in [-0.2, -0.15) is 0 Å². The molecule has 3 aromatic rings. The van der Waals surface area contributed by atoms with E-state index in [4.69, 9.17) is 4.74 Å². The van der Waals surface area contributed by atoms with Gasteiger partial charge in [-0.15, -0.1) is 0 Å². The van der Waals surface area contributed by atoms with Crippen LogP contribution in [-0.2, 0) is 11.3 Å². The summed E-state index contributed by atoms with van der Waals surface area (Å²) in [7, 11) is 0. The first-order chi connectivity index (χ1) is 13.2. The third kappa shape index (κ3) is 5.67. The third-order valence-electron chi connectivity index (χ3n) is 3.73. The Morgan fingerprint density at radius 3 is 2.41 bits per heavy atom. The van der Waals surface area contributed by atoms with Crippen LogP contribution >= 0.6 is 0 Å². The molecule has 2 amide bonds. The van der Waals surface area contributed by atoms with E-state index < -0.39 is 0 Å². The van der Waals surface area contributed by atoms with Gasteiger partial charge in [-0.3, -0.25) is 14.6 Å². The van der Waals surface area contributed by atoms with E-state index in [0.717, 1.165) is 5.56 Å². The number of pyridine rings is 1. The summed E-state index contributed by atoms with van der Waals surface area (Å²) in [5.41, 5.74) is 2.10. The Kier molecular flexibility index (Phi) is 6.14. The van der Waals surface area contributed by atoms with Crippen molar-refractivity contribution in [2.75, 3.05) is 11.9 Å². The minimum atomic E-state index is -0.239. The first-order valence-corrected chi connectivity index (χ1v) is 8.45. The van der Waals surface area contributed by atoms with Crippen LogP contribution in [-0.4, -0.2) is 23.4 Å². The number of para-hydroxylation sites is 1. The maximum Gasteiger partial charge on any atom is 0.262 e. The summed E-state index contributed by atoms with van der Waals surface area (Å²) < 4.78 is 5.41. The van der Waals surface area contributed by atoms with Gasteiger partial charge in [0.2, 0.25) is 0 Å². The Bertz CT molecular complexity index is 882. The molecule has 0 aliphatic heterocycles. The Hall–Kier alpha value is -3.67. The van der Waals surface area contributed by atoms with Crippen molar-refractivity contribution in [3.63, 3.8) is 0 Å². The summed E-state index contributed by atoms with van der Waals surface area (Å²) in [6.07, 6.45) is 3.14. The third-order valence-corrected chi connectivity index (χ3v) is 3.73. The van der Waals surface area contributed by atoms with Gasteiger partial charge in [0, 0.05) is 24.6 Å². The number of hydrogen-bond donors (Lipinski definition) is 2. The molecule has 2 N–H and O–H groups in total. The van der Waals surface area contributed by atoms with Crippen LogP contribution in [0, 0.1) is 0 Å². The maximum atomic E-state index is 12.0. The van der Waals surface area contributed by atoms with Crippen LogP contribution in [0.3, 0.4) is 0 Å². The summed E-state index contributed by atoms with van der Waals surface area (Å²) >= 11 is 0. The van der Waals surface area contributed by atoms with Crippen LogP contribution in [0.25, 0.3) is 0 Å². The Morgan fingerprint density at radius 2 is 1.70 bits per heavy atom. The number of rotatable bonds is 7. The second-order valence-electron chi connectivity index (χ2n) is 5.77. The van der Waals surface area contributed by atoms with Crippen LogP contribution in [0.4, 0.5) is 5.69 Å². The average Bonchev–Trinajstić information content (AvgIpc) is 2.73. The smallest absolute Gasteiger partial charge is 0.262 e. The molecule has 0 aliphatic carbocycles. The number of hydrogen-bond acceptors (Lipinski definition) is 4. The molecule has 6 heteroatoms. The highest BCUT2D eigenvalue weighted by molar-refractivity contribution is 5.94. The van der Waals surface area contributed by atoms with Crippen LogP contribution in [0.1, 0.15) is 15.9 Å². The van der Waals surface area contributed by atoms with Gasteiger partial charge >= 0.3 is 0 Å². The molecule has 2 aromatic carbocycles. The zero-order chi connectivity index (χ0) is 18.9. The molecule has 0 saturated heterocycles. The lowest BCUT2D eigenvalue weighted by Gasteiger charge is -2.09. The van der Waals surface area contributed by atoms with Crippen LogP contribution in [0.15, 0.2) is 79.1 Å². The molecule has 6 nitrogen and oxygen atoms in total. The van der Waals surface area contributed by atoms with E-state index in [1.54, 1.807) is 42.6 Å². The molecule has 0 fully saturated rings. The van der Waals surface area contributed by atoms with E-state index in [0.29, 0.717) is 23.5 Å². The first kappa shape index (κ1) is 18.1. The Morgan fingerprint density at radius 1 is 0.926 bits per heavy atom. The number of ether oxygens (including phenoxy) is 1. The normalized spacial score (nSPS) is 10.1. The van der Waals surface area contributed by atoms with Crippen LogP contribution in [0.2, 0.25) is 0 Å². The topological polar surface area (TPSA) is 80.3 Å². The molecule has 0 unspecified atom stereocenters. The summed E-state index contributed by atoms with van der Waals surface area (Å²) in [5, 5.41) is 5.60. The summed E-state index contributed by atoms with van der Waals surface area (Å²) in [6, 6.07) is 19.8. The van der Waals surface area contributed by atoms with E-state index in [1.165, 1.54) is 6.20 Å². The second kappa shape index (κ2) is 9.15. The molecule has 0 radical (unpaired) electrons. The number of benzene rings is 2. The molecule has 0 spiro atoms. The fourth-order valence-corrected chi connectivity index (χ4v) is 2.35. The second-order valence-corrected chi connectivity index (χ2v) is 5.77. The van der Waals surface area contributed by atoms with Gasteiger partial charge in [-0.25, -0.2) is 0 Å². The number of carbonyl (C=O) groups excluding carboxylic acids is 2. The van der Waals surface area contributed by atoms with Crippen molar-refractivity contribution in [2.24, 2.45) is 0 Å². The highest BCUT2D eigenvalue weighted by atomic mass is 16.5. The molecule has 0 aliphatic rings. The minimum Gasteiger partial charge on any atom is -0.484 e. The predicted molar refractivity (Wildman–Crippen MR) is 102 cm³/mol. The monoisotopic (exact) mass is 361 g/mol. The molecule has 0 saturated carbocycles. The number of amides is 2. The van der Waals surface area contributed by atoms with Crippen molar-refractivity contribution >= 4 is 17.5 Å². The van der Waals surface area contributed by atoms with Crippen molar-refractivity contribution in [3.05, 3.63) is 90.3 Å². The highest BCUT2D eigenvalue weighted by Crippen LogP contribution is 2.11. The molecule has 1 aromatic heterocycles. The maximum absolute atomic E-state index is 12.0. The standard InChI is InChI=1S/C21H19N3O3/c25-20(15-27-19-6-2-1-3-7-19)24-18-10-8-16(9-11-18)13-23-21(26)17-5-4-12-22-14-17/h1-12,14H,13,15H2,(H,23,26)(H,24,25). The SMILES string of the molecule is O=C(COc1ccccc1)Nc1ccc(CNC(=O)c2cccnc2)cc1. The van der Waals surface area contributed by atoms with Gasteiger partial charge in [0.15, 0.2) is 6.61 Å². The lowest BCUT2D eigenvalue weighted by molar-refractivity contribution is -0.118. The van der Waals surface area contributed by atoms with Crippen molar-refractivity contribution in [1.82, 2.24) is 10.3 Å². The number of anilines is 1. The number of carbonyl (C=O) groups is 2. The number of nitrogens with one attached hydrogen (secondary N) is 2. The Labute approximate surface area is 157 Å². The first-order valence-electron chi connectivity index (χ1n) is 8.45. The van der Waals surface area contributed by atoms with Crippen molar-refractivity contribution in [2.45, 2.75) is 6.54 Å². The molecule has 0 bridgehead atoms. The van der Waals surface area contributed by atoms with Crippen LogP contribution in [0.5, 0.6) is 5.75 Å². The minimum absolute atomic E-state index is 0.0626. The molecular weight excluding hydrogens is 342 g/mol. The fraction of sp³-hybridized carbons (Fsp3) is 0.0952. The Balaban J connectivity index is 1.45. The van der Waals surface area contributed by atoms with Gasteiger partial charge in [-0.05, 0) is 42.0 Å². The molecule has 3 rings (SSSR count). The summed E-state index contributed by atoms with van der Waals surface area (Å²) in [5.74, 6) is 0.224. The molecule has 0 atom stereocenters.